The second kappa shape index (κ2) is 5.66. The van der Waals surface area contributed by atoms with Gasteiger partial charge in [-0.1, -0.05) is 0 Å². The molecule has 114 valence electrons. The third-order valence-corrected chi connectivity index (χ3v) is 4.88. The van der Waals surface area contributed by atoms with Crippen LogP contribution in [0, 0.1) is 6.92 Å². The van der Waals surface area contributed by atoms with Crippen molar-refractivity contribution in [1.82, 2.24) is 4.72 Å². The fourth-order valence-corrected chi connectivity index (χ4v) is 3.66. The standard InChI is InChI=1S/C9H9F4NO4S2/c1-4-6(2-5(19-4)7(15)16)20(17,18)14-3-9(12,13)8(10)11/h2,8,14H,3H2,1H3,(H,15,16). The molecule has 1 rings (SSSR count). The zero-order valence-corrected chi connectivity index (χ0v) is 11.5. The zero-order chi connectivity index (χ0) is 15.7. The van der Waals surface area contributed by atoms with Crippen LogP contribution < -0.4 is 4.72 Å². The minimum absolute atomic E-state index is 0.0512. The fraction of sp³-hybridized carbons (Fsp3) is 0.444. The van der Waals surface area contributed by atoms with Crippen LogP contribution in [0.3, 0.4) is 0 Å². The van der Waals surface area contributed by atoms with Gasteiger partial charge in [-0.05, 0) is 13.0 Å². The van der Waals surface area contributed by atoms with Crippen LogP contribution in [0.25, 0.3) is 0 Å². The van der Waals surface area contributed by atoms with E-state index >= 15 is 0 Å². The largest absolute Gasteiger partial charge is 0.477 e. The predicted octanol–water partition coefficient (Wildman–Crippen LogP) is 1.93. The van der Waals surface area contributed by atoms with E-state index < -0.39 is 39.8 Å². The molecule has 0 aliphatic carbocycles. The van der Waals surface area contributed by atoms with Gasteiger partial charge < -0.3 is 5.11 Å². The van der Waals surface area contributed by atoms with E-state index in [1.165, 1.54) is 11.6 Å². The highest BCUT2D eigenvalue weighted by Gasteiger charge is 2.41. The van der Waals surface area contributed by atoms with Gasteiger partial charge in [0.05, 0.1) is 11.4 Å². The Hall–Kier alpha value is -1.20. The predicted molar refractivity (Wildman–Crippen MR) is 62.2 cm³/mol. The third-order valence-electron chi connectivity index (χ3n) is 2.19. The molecule has 0 radical (unpaired) electrons. The van der Waals surface area contributed by atoms with E-state index in [-0.39, 0.29) is 9.75 Å². The van der Waals surface area contributed by atoms with E-state index in [4.69, 9.17) is 5.11 Å². The van der Waals surface area contributed by atoms with Crippen LogP contribution in [0.1, 0.15) is 14.5 Å². The van der Waals surface area contributed by atoms with Crippen LogP contribution in [0.2, 0.25) is 0 Å². The molecule has 0 saturated heterocycles. The minimum Gasteiger partial charge on any atom is -0.477 e. The Morgan fingerprint density at radius 1 is 1.50 bits per heavy atom. The molecule has 0 unspecified atom stereocenters. The third kappa shape index (κ3) is 3.67. The first kappa shape index (κ1) is 16.9. The lowest BCUT2D eigenvalue weighted by Gasteiger charge is -2.15. The number of rotatable bonds is 6. The van der Waals surface area contributed by atoms with Gasteiger partial charge in [-0.15, -0.1) is 11.3 Å². The van der Waals surface area contributed by atoms with Gasteiger partial charge in [0.25, 0.3) is 0 Å². The van der Waals surface area contributed by atoms with Crippen molar-refractivity contribution >= 4 is 27.3 Å². The molecule has 5 nitrogen and oxygen atoms in total. The van der Waals surface area contributed by atoms with Crippen molar-refractivity contribution in [3.05, 3.63) is 15.8 Å². The van der Waals surface area contributed by atoms with Crippen LogP contribution in [-0.4, -0.2) is 38.4 Å². The molecule has 0 saturated carbocycles. The minimum atomic E-state index is -4.51. The number of nitrogens with one attached hydrogen (secondary N) is 1. The Labute approximate surface area is 115 Å². The summed E-state index contributed by atoms with van der Waals surface area (Å²) in [5.74, 6) is -5.88. The van der Waals surface area contributed by atoms with E-state index in [0.29, 0.717) is 11.3 Å². The number of carboxylic acid groups (broad SMARTS) is 1. The van der Waals surface area contributed by atoms with E-state index in [1.54, 1.807) is 0 Å². The summed E-state index contributed by atoms with van der Waals surface area (Å²) in [7, 11) is -4.49. The molecule has 1 aromatic heterocycles. The lowest BCUT2D eigenvalue weighted by Crippen LogP contribution is -2.41. The van der Waals surface area contributed by atoms with E-state index in [1.807, 2.05) is 0 Å². The molecular weight excluding hydrogens is 326 g/mol. The Kier molecular flexibility index (Phi) is 4.77. The maximum absolute atomic E-state index is 12.7. The summed E-state index contributed by atoms with van der Waals surface area (Å²) in [5.41, 5.74) is 0. The zero-order valence-electron chi connectivity index (χ0n) is 9.86. The monoisotopic (exact) mass is 335 g/mol. The van der Waals surface area contributed by atoms with E-state index in [0.717, 1.165) is 6.07 Å². The Morgan fingerprint density at radius 2 is 2.05 bits per heavy atom. The van der Waals surface area contributed by atoms with Gasteiger partial charge in [-0.2, -0.15) is 8.78 Å². The van der Waals surface area contributed by atoms with Crippen LogP contribution in [0.15, 0.2) is 11.0 Å². The Balaban J connectivity index is 2.98. The first-order valence-electron chi connectivity index (χ1n) is 4.97. The molecule has 0 aliphatic rings. The molecule has 0 fully saturated rings. The summed E-state index contributed by atoms with van der Waals surface area (Å²) in [6, 6.07) is 0.783. The molecule has 1 aromatic rings. The number of hydrogen-bond acceptors (Lipinski definition) is 4. The highest BCUT2D eigenvalue weighted by atomic mass is 32.2. The first-order valence-corrected chi connectivity index (χ1v) is 7.26. The van der Waals surface area contributed by atoms with Crippen molar-refractivity contribution in [2.45, 2.75) is 24.2 Å². The van der Waals surface area contributed by atoms with Crippen molar-refractivity contribution < 1.29 is 35.9 Å². The summed E-state index contributed by atoms with van der Waals surface area (Å²) in [4.78, 5) is 9.90. The fourth-order valence-electron chi connectivity index (χ4n) is 1.18. The average molecular weight is 335 g/mol. The topological polar surface area (TPSA) is 83.5 Å². The summed E-state index contributed by atoms with van der Waals surface area (Å²) < 4.78 is 73.9. The van der Waals surface area contributed by atoms with Crippen molar-refractivity contribution in [2.75, 3.05) is 6.54 Å². The smallest absolute Gasteiger partial charge is 0.345 e. The van der Waals surface area contributed by atoms with Gasteiger partial charge in [-0.25, -0.2) is 26.7 Å². The number of hydrogen-bond donors (Lipinski definition) is 2. The maximum Gasteiger partial charge on any atom is 0.345 e. The highest BCUT2D eigenvalue weighted by molar-refractivity contribution is 7.89. The molecule has 1 heterocycles. The molecule has 0 amide bonds. The number of sulfonamides is 1. The van der Waals surface area contributed by atoms with Gasteiger partial charge in [0, 0.05) is 4.88 Å². The molecule has 0 atom stereocenters. The van der Waals surface area contributed by atoms with Crippen molar-refractivity contribution in [3.63, 3.8) is 0 Å². The van der Waals surface area contributed by atoms with Crippen molar-refractivity contribution in [2.24, 2.45) is 0 Å². The van der Waals surface area contributed by atoms with Gasteiger partial charge >= 0.3 is 18.3 Å². The normalized spacial score (nSPS) is 12.9. The number of alkyl halides is 4. The number of thiophene rings is 1. The first-order chi connectivity index (χ1) is 8.97. The number of halogens is 4. The van der Waals surface area contributed by atoms with Gasteiger partial charge in [0.15, 0.2) is 0 Å². The second-order valence-electron chi connectivity index (χ2n) is 3.72. The summed E-state index contributed by atoms with van der Waals surface area (Å²) in [6.07, 6.45) is -4.01. The SMILES string of the molecule is Cc1sc(C(=O)O)cc1S(=O)(=O)NCC(F)(F)C(F)F. The maximum atomic E-state index is 12.7. The lowest BCUT2D eigenvalue weighted by atomic mass is 10.4. The van der Waals surface area contributed by atoms with E-state index in [9.17, 15) is 30.8 Å². The van der Waals surface area contributed by atoms with Gasteiger partial charge in [0.1, 0.15) is 4.88 Å². The summed E-state index contributed by atoms with van der Waals surface area (Å²) >= 11 is 0.635. The number of carboxylic acids is 1. The quantitative estimate of drug-likeness (QED) is 0.778. The van der Waals surface area contributed by atoms with E-state index in [2.05, 4.69) is 0 Å². The van der Waals surface area contributed by atoms with Crippen molar-refractivity contribution in [1.29, 1.82) is 0 Å². The summed E-state index contributed by atoms with van der Waals surface area (Å²) in [5, 5.41) is 8.70. The Morgan fingerprint density at radius 3 is 2.45 bits per heavy atom. The molecule has 0 aliphatic heterocycles. The molecule has 11 heteroatoms. The molecule has 0 bridgehead atoms. The van der Waals surface area contributed by atoms with Crippen LogP contribution in [0.5, 0.6) is 0 Å². The number of aryl methyl sites for hydroxylation is 1. The van der Waals surface area contributed by atoms with Crippen LogP contribution in [-0.2, 0) is 10.0 Å². The average Bonchev–Trinajstić information content (AvgIpc) is 2.70. The molecule has 0 spiro atoms. The summed E-state index contributed by atoms with van der Waals surface area (Å²) in [6.45, 7) is -0.498. The van der Waals surface area contributed by atoms with Crippen molar-refractivity contribution in [3.8, 4) is 0 Å². The van der Waals surface area contributed by atoms with Crippen LogP contribution >= 0.6 is 11.3 Å². The van der Waals surface area contributed by atoms with Crippen LogP contribution in [0.4, 0.5) is 17.6 Å². The van der Waals surface area contributed by atoms with Gasteiger partial charge in [-0.3, -0.25) is 0 Å². The second-order valence-corrected chi connectivity index (χ2v) is 6.71. The molecule has 2 N–H and O–H groups in total. The Bertz CT molecular complexity index is 611. The molecule has 20 heavy (non-hydrogen) atoms. The lowest BCUT2D eigenvalue weighted by molar-refractivity contribution is -0.122. The number of aromatic carboxylic acids is 1. The molecule has 0 aromatic carbocycles. The molecular formula is C9H9F4NO4S2. The van der Waals surface area contributed by atoms with Gasteiger partial charge in [0.2, 0.25) is 10.0 Å². The highest BCUT2D eigenvalue weighted by Crippen LogP contribution is 2.27. The number of carbonyl (C=O) groups is 1.